The highest BCUT2D eigenvalue weighted by molar-refractivity contribution is 9.10. The second-order valence-electron chi connectivity index (χ2n) is 9.58. The molecule has 0 bridgehead atoms. The summed E-state index contributed by atoms with van der Waals surface area (Å²) in [5.74, 6) is 0.229. The molecule has 4 nitrogen and oxygen atoms in total. The molecule has 1 saturated carbocycles. The van der Waals surface area contributed by atoms with Crippen LogP contribution in [0.15, 0.2) is 53.0 Å². The van der Waals surface area contributed by atoms with Gasteiger partial charge >= 0.3 is 0 Å². The third kappa shape index (κ3) is 2.93. The zero-order valence-electron chi connectivity index (χ0n) is 17.7. The maximum atomic E-state index is 11.9. The predicted molar refractivity (Wildman–Crippen MR) is 121 cm³/mol. The lowest BCUT2D eigenvalue weighted by Gasteiger charge is -2.72. The molecule has 1 saturated heterocycles. The normalized spacial score (nSPS) is 28.8. The number of aromatic hydroxyl groups is 1. The van der Waals surface area contributed by atoms with Crippen molar-refractivity contribution in [3.8, 4) is 5.75 Å². The van der Waals surface area contributed by atoms with E-state index in [2.05, 4.69) is 71.6 Å². The molecule has 2 aromatic carbocycles. The van der Waals surface area contributed by atoms with Gasteiger partial charge in [-0.25, -0.2) is 0 Å². The number of nitrogens with zero attached hydrogens (tertiary/aromatic N) is 2. The summed E-state index contributed by atoms with van der Waals surface area (Å²) in [7, 11) is 0. The van der Waals surface area contributed by atoms with Crippen LogP contribution in [-0.2, 0) is 5.60 Å². The molecule has 0 aromatic heterocycles. The van der Waals surface area contributed by atoms with Crippen LogP contribution in [0, 0.1) is 10.8 Å². The number of anilines is 1. The smallest absolute Gasteiger partial charge is 0.115 e. The van der Waals surface area contributed by atoms with Gasteiger partial charge in [-0.05, 0) is 45.8 Å². The topological polar surface area (TPSA) is 46.9 Å². The molecule has 0 atom stereocenters. The van der Waals surface area contributed by atoms with Gasteiger partial charge in [0.15, 0.2) is 0 Å². The third-order valence-corrected chi connectivity index (χ3v) is 8.06. The Morgan fingerprint density at radius 1 is 0.862 bits per heavy atom. The fourth-order valence-electron chi connectivity index (χ4n) is 6.34. The zero-order chi connectivity index (χ0) is 21.0. The quantitative estimate of drug-likeness (QED) is 0.705. The zero-order valence-corrected chi connectivity index (χ0v) is 19.3. The summed E-state index contributed by atoms with van der Waals surface area (Å²) in [5, 5.41) is 21.5. The first-order valence-corrected chi connectivity index (χ1v) is 11.2. The van der Waals surface area contributed by atoms with E-state index >= 15 is 0 Å². The van der Waals surface area contributed by atoms with E-state index in [9.17, 15) is 10.2 Å². The Balaban J connectivity index is 1.54. The number of piperazine rings is 1. The molecule has 1 heterocycles. The lowest BCUT2D eigenvalue weighted by molar-refractivity contribution is -0.307. The van der Waals surface area contributed by atoms with Gasteiger partial charge in [-0.1, -0.05) is 52.0 Å². The Kier molecular flexibility index (Phi) is 5.00. The monoisotopic (exact) mass is 458 g/mol. The van der Waals surface area contributed by atoms with Crippen molar-refractivity contribution in [2.45, 2.75) is 39.3 Å². The number of phenols is 1. The maximum Gasteiger partial charge on any atom is 0.115 e. The van der Waals surface area contributed by atoms with Crippen LogP contribution in [0.2, 0.25) is 0 Å². The molecular weight excluding hydrogens is 428 g/mol. The average molecular weight is 459 g/mol. The van der Waals surface area contributed by atoms with Crippen LogP contribution < -0.4 is 4.90 Å². The third-order valence-electron chi connectivity index (χ3n) is 7.39. The lowest BCUT2D eigenvalue weighted by atomic mass is 9.39. The van der Waals surface area contributed by atoms with Crippen molar-refractivity contribution in [3.63, 3.8) is 0 Å². The van der Waals surface area contributed by atoms with Crippen LogP contribution in [0.25, 0.3) is 0 Å². The number of benzene rings is 2. The summed E-state index contributed by atoms with van der Waals surface area (Å²) >= 11 is 3.68. The van der Waals surface area contributed by atoms with Gasteiger partial charge in [0, 0.05) is 47.5 Å². The number of halogens is 1. The van der Waals surface area contributed by atoms with Gasteiger partial charge in [0.25, 0.3) is 0 Å². The molecule has 0 radical (unpaired) electrons. The average Bonchev–Trinajstić information content (AvgIpc) is 2.68. The molecule has 0 spiro atoms. The second kappa shape index (κ2) is 7.00. The standard InChI is InChI=1S/C24H31BrN2O2/c1-22(2)21(23(3,4)24(22,29)17-9-11-18(28)12-10-17)27-15-13-26(14-16-27)20-8-6-5-7-19(20)25/h5-12,21,28-29H,13-16H2,1-4H3. The first-order valence-electron chi connectivity index (χ1n) is 10.4. The number of rotatable bonds is 3. The van der Waals surface area contributed by atoms with E-state index < -0.39 is 5.60 Å². The van der Waals surface area contributed by atoms with Gasteiger partial charge in [0.05, 0.1) is 5.69 Å². The molecule has 2 aromatic rings. The van der Waals surface area contributed by atoms with Crippen LogP contribution in [0.5, 0.6) is 5.75 Å². The Bertz CT molecular complexity index is 870. The summed E-state index contributed by atoms with van der Waals surface area (Å²) in [4.78, 5) is 4.99. The molecule has 29 heavy (non-hydrogen) atoms. The Morgan fingerprint density at radius 2 is 1.41 bits per heavy atom. The van der Waals surface area contributed by atoms with E-state index in [-0.39, 0.29) is 22.6 Å². The summed E-state index contributed by atoms with van der Waals surface area (Å²) < 4.78 is 1.14. The highest BCUT2D eigenvalue weighted by atomic mass is 79.9. The van der Waals surface area contributed by atoms with Crippen LogP contribution in [0.3, 0.4) is 0 Å². The second-order valence-corrected chi connectivity index (χ2v) is 10.4. The number of aliphatic hydroxyl groups is 1. The largest absolute Gasteiger partial charge is 0.508 e. The van der Waals surface area contributed by atoms with E-state index in [1.807, 2.05) is 18.2 Å². The molecule has 2 aliphatic rings. The van der Waals surface area contributed by atoms with Gasteiger partial charge in [-0.2, -0.15) is 0 Å². The van der Waals surface area contributed by atoms with Crippen molar-refractivity contribution >= 4 is 21.6 Å². The molecular formula is C24H31BrN2O2. The number of para-hydroxylation sites is 1. The minimum atomic E-state index is -0.946. The molecule has 1 aliphatic carbocycles. The van der Waals surface area contributed by atoms with E-state index in [1.165, 1.54) is 5.69 Å². The first kappa shape index (κ1) is 20.7. The molecule has 2 fully saturated rings. The van der Waals surface area contributed by atoms with Gasteiger partial charge in [0.1, 0.15) is 11.4 Å². The van der Waals surface area contributed by atoms with Gasteiger partial charge in [-0.3, -0.25) is 4.90 Å². The summed E-state index contributed by atoms with van der Waals surface area (Å²) in [6, 6.07) is 15.7. The van der Waals surface area contributed by atoms with E-state index in [4.69, 9.17) is 0 Å². The molecule has 0 amide bonds. The minimum Gasteiger partial charge on any atom is -0.508 e. The van der Waals surface area contributed by atoms with Crippen molar-refractivity contribution in [1.82, 2.24) is 4.90 Å². The van der Waals surface area contributed by atoms with Crippen LogP contribution in [-0.4, -0.2) is 47.3 Å². The number of phenolic OH excluding ortho intramolecular Hbond substituents is 1. The maximum absolute atomic E-state index is 11.9. The Morgan fingerprint density at radius 3 is 1.97 bits per heavy atom. The molecule has 1 aliphatic heterocycles. The summed E-state index contributed by atoms with van der Waals surface area (Å²) in [5.41, 5.74) is 0.581. The molecule has 4 rings (SSSR count). The fourth-order valence-corrected chi connectivity index (χ4v) is 6.87. The summed E-state index contributed by atoms with van der Waals surface area (Å²) in [6.45, 7) is 12.6. The van der Waals surface area contributed by atoms with Crippen molar-refractivity contribution in [3.05, 3.63) is 58.6 Å². The molecule has 0 unspecified atom stereocenters. The predicted octanol–water partition coefficient (Wildman–Crippen LogP) is 4.60. The van der Waals surface area contributed by atoms with Gasteiger partial charge < -0.3 is 15.1 Å². The first-order chi connectivity index (χ1) is 13.6. The van der Waals surface area contributed by atoms with Crippen molar-refractivity contribution in [2.24, 2.45) is 10.8 Å². The van der Waals surface area contributed by atoms with Crippen LogP contribution in [0.1, 0.15) is 33.3 Å². The lowest BCUT2D eigenvalue weighted by Crippen LogP contribution is -2.79. The Labute approximate surface area is 182 Å². The van der Waals surface area contributed by atoms with Gasteiger partial charge in [-0.15, -0.1) is 0 Å². The molecule has 5 heteroatoms. The van der Waals surface area contributed by atoms with Crippen molar-refractivity contribution in [2.75, 3.05) is 31.1 Å². The fraction of sp³-hybridized carbons (Fsp3) is 0.500. The van der Waals surface area contributed by atoms with Crippen molar-refractivity contribution < 1.29 is 10.2 Å². The van der Waals surface area contributed by atoms with Gasteiger partial charge in [0.2, 0.25) is 0 Å². The highest BCUT2D eigenvalue weighted by Gasteiger charge is 2.73. The van der Waals surface area contributed by atoms with E-state index in [0.717, 1.165) is 36.2 Å². The SMILES string of the molecule is CC1(C)C(N2CCN(c3ccccc3Br)CC2)C(C)(C)C1(O)c1ccc(O)cc1. The number of hydrogen-bond acceptors (Lipinski definition) is 4. The minimum absolute atomic E-state index is 0.229. The van der Waals surface area contributed by atoms with Crippen molar-refractivity contribution in [1.29, 1.82) is 0 Å². The molecule has 156 valence electrons. The van der Waals surface area contributed by atoms with E-state index in [1.54, 1.807) is 12.1 Å². The summed E-state index contributed by atoms with van der Waals surface area (Å²) in [6.07, 6.45) is 0. The van der Waals surface area contributed by atoms with E-state index in [0.29, 0.717) is 0 Å². The number of hydrogen-bond donors (Lipinski definition) is 2. The molecule has 2 N–H and O–H groups in total. The highest BCUT2D eigenvalue weighted by Crippen LogP contribution is 2.68. The Hall–Kier alpha value is -1.56. The van der Waals surface area contributed by atoms with Crippen LogP contribution >= 0.6 is 15.9 Å². The van der Waals surface area contributed by atoms with Crippen LogP contribution in [0.4, 0.5) is 5.69 Å².